The molecule has 2 N–H and O–H groups in total. The van der Waals surface area contributed by atoms with Gasteiger partial charge in [0.15, 0.2) is 0 Å². The normalized spacial score (nSPS) is 22.8. The fourth-order valence-corrected chi connectivity index (χ4v) is 2.40. The number of para-hydroxylation sites is 1. The van der Waals surface area contributed by atoms with Crippen molar-refractivity contribution in [1.82, 2.24) is 10.2 Å². The maximum absolute atomic E-state index is 14.0. The van der Waals surface area contributed by atoms with Gasteiger partial charge in [-0.05, 0) is 25.6 Å². The molecule has 2 rings (SSSR count). The Kier molecular flexibility index (Phi) is 4.09. The van der Waals surface area contributed by atoms with Gasteiger partial charge in [0.2, 0.25) is 5.91 Å². The van der Waals surface area contributed by atoms with E-state index in [9.17, 15) is 18.7 Å². The number of nitriles is 1. The summed E-state index contributed by atoms with van der Waals surface area (Å²) in [7, 11) is 1.67. The van der Waals surface area contributed by atoms with Crippen molar-refractivity contribution >= 4 is 5.91 Å². The first-order chi connectivity index (χ1) is 9.85. The van der Waals surface area contributed by atoms with Gasteiger partial charge in [-0.25, -0.2) is 0 Å². The monoisotopic (exact) mass is 295 g/mol. The van der Waals surface area contributed by atoms with Crippen LogP contribution in [0.1, 0.15) is 12.0 Å². The molecule has 21 heavy (non-hydrogen) atoms. The SMILES string of the molecule is CN1C[C@@H](C(=O)NC(F)(F)c2ccccc2O)CC1C#N. The van der Waals surface area contributed by atoms with Crippen LogP contribution in [0.3, 0.4) is 0 Å². The number of carbonyl (C=O) groups excluding carboxylic acids is 1. The number of nitrogens with zero attached hydrogens (tertiary/aromatic N) is 2. The predicted octanol–water partition coefficient (Wildman–Crippen LogP) is 1.40. The van der Waals surface area contributed by atoms with E-state index in [1.54, 1.807) is 17.3 Å². The van der Waals surface area contributed by atoms with Crippen molar-refractivity contribution in [1.29, 1.82) is 5.26 Å². The summed E-state index contributed by atoms with van der Waals surface area (Å²) < 4.78 is 28.1. The topological polar surface area (TPSA) is 76.4 Å². The number of hydrogen-bond acceptors (Lipinski definition) is 4. The van der Waals surface area contributed by atoms with Gasteiger partial charge in [0.1, 0.15) is 5.75 Å². The number of phenolic OH excluding ortho intramolecular Hbond substituents is 1. The van der Waals surface area contributed by atoms with Crippen molar-refractivity contribution in [2.75, 3.05) is 13.6 Å². The second kappa shape index (κ2) is 5.66. The lowest BCUT2D eigenvalue weighted by atomic mass is 10.0. The zero-order valence-corrected chi connectivity index (χ0v) is 11.4. The summed E-state index contributed by atoms with van der Waals surface area (Å²) in [4.78, 5) is 13.6. The molecular weight excluding hydrogens is 280 g/mol. The van der Waals surface area contributed by atoms with Crippen molar-refractivity contribution in [2.24, 2.45) is 5.92 Å². The first-order valence-electron chi connectivity index (χ1n) is 6.43. The lowest BCUT2D eigenvalue weighted by Gasteiger charge is -2.21. The molecule has 0 aromatic heterocycles. The number of likely N-dealkylation sites (tertiary alicyclic amines) is 1. The van der Waals surface area contributed by atoms with Crippen LogP contribution in [0.15, 0.2) is 24.3 Å². The number of halogens is 2. The van der Waals surface area contributed by atoms with Crippen LogP contribution in [-0.4, -0.2) is 35.5 Å². The maximum atomic E-state index is 14.0. The van der Waals surface area contributed by atoms with Crippen LogP contribution in [0.4, 0.5) is 8.78 Å². The number of rotatable bonds is 3. The van der Waals surface area contributed by atoms with Gasteiger partial charge < -0.3 is 5.11 Å². The zero-order chi connectivity index (χ0) is 15.6. The summed E-state index contributed by atoms with van der Waals surface area (Å²) in [5.41, 5.74) is -0.651. The minimum absolute atomic E-state index is 0.218. The average Bonchev–Trinajstić information content (AvgIpc) is 2.80. The van der Waals surface area contributed by atoms with Crippen LogP contribution in [0.2, 0.25) is 0 Å². The third-order valence-electron chi connectivity index (χ3n) is 3.59. The highest BCUT2D eigenvalue weighted by Crippen LogP contribution is 2.32. The number of benzene rings is 1. The molecule has 1 amide bonds. The molecule has 1 unspecified atom stereocenters. The molecule has 112 valence electrons. The summed E-state index contributed by atoms with van der Waals surface area (Å²) in [6, 6.07) is 2.86. The van der Waals surface area contributed by atoms with E-state index in [2.05, 4.69) is 0 Å². The average molecular weight is 295 g/mol. The first kappa shape index (κ1) is 15.2. The number of nitrogens with one attached hydrogen (secondary N) is 1. The van der Waals surface area contributed by atoms with Gasteiger partial charge in [0.05, 0.1) is 23.6 Å². The van der Waals surface area contributed by atoms with E-state index in [-0.39, 0.29) is 13.0 Å². The largest absolute Gasteiger partial charge is 0.507 e. The van der Waals surface area contributed by atoms with Crippen molar-refractivity contribution in [3.8, 4) is 11.8 Å². The molecule has 0 saturated carbocycles. The summed E-state index contributed by atoms with van der Waals surface area (Å²) in [6.07, 6.45) is 0.218. The summed E-state index contributed by atoms with van der Waals surface area (Å²) >= 11 is 0. The Balaban J connectivity index is 2.09. The van der Waals surface area contributed by atoms with E-state index in [0.29, 0.717) is 0 Å². The number of hydrogen-bond donors (Lipinski definition) is 2. The summed E-state index contributed by atoms with van der Waals surface area (Å²) in [6.45, 7) is 0.251. The molecule has 0 aliphatic carbocycles. The molecule has 2 atom stereocenters. The van der Waals surface area contributed by atoms with Crippen molar-refractivity contribution in [2.45, 2.75) is 18.5 Å². The van der Waals surface area contributed by atoms with Gasteiger partial charge in [0.25, 0.3) is 0 Å². The number of amides is 1. The Bertz CT molecular complexity index is 586. The molecule has 0 spiro atoms. The second-order valence-corrected chi connectivity index (χ2v) is 5.10. The maximum Gasteiger partial charge on any atom is 0.356 e. The zero-order valence-electron chi connectivity index (χ0n) is 11.4. The predicted molar refractivity (Wildman–Crippen MR) is 70.3 cm³/mol. The van der Waals surface area contributed by atoms with Gasteiger partial charge >= 0.3 is 6.05 Å². The van der Waals surface area contributed by atoms with Crippen LogP contribution < -0.4 is 5.32 Å². The van der Waals surface area contributed by atoms with E-state index >= 15 is 0 Å². The fourth-order valence-electron chi connectivity index (χ4n) is 2.40. The van der Waals surface area contributed by atoms with Gasteiger partial charge in [-0.3, -0.25) is 15.0 Å². The van der Waals surface area contributed by atoms with Gasteiger partial charge in [0, 0.05) is 6.54 Å². The lowest BCUT2D eigenvalue weighted by molar-refractivity contribution is -0.137. The Morgan fingerprint density at radius 2 is 2.19 bits per heavy atom. The standard InChI is InChI=1S/C14H15F2N3O2/c1-19-8-9(6-10(19)7-17)13(21)18-14(15,16)11-4-2-3-5-12(11)20/h2-5,9-10,20H,6,8H2,1H3,(H,18,21)/t9-,10?/m0/s1. The molecule has 1 aromatic carbocycles. The molecule has 7 heteroatoms. The molecule has 0 bridgehead atoms. The smallest absolute Gasteiger partial charge is 0.356 e. The highest BCUT2D eigenvalue weighted by molar-refractivity contribution is 5.80. The second-order valence-electron chi connectivity index (χ2n) is 5.10. The van der Waals surface area contributed by atoms with E-state index < -0.39 is 35.2 Å². The quantitative estimate of drug-likeness (QED) is 0.827. The van der Waals surface area contributed by atoms with Gasteiger partial charge in [-0.15, -0.1) is 0 Å². The van der Waals surface area contributed by atoms with E-state index in [1.165, 1.54) is 12.1 Å². The molecule has 1 fully saturated rings. The highest BCUT2D eigenvalue weighted by Gasteiger charge is 2.41. The van der Waals surface area contributed by atoms with Gasteiger partial charge in [-0.2, -0.15) is 14.0 Å². The van der Waals surface area contributed by atoms with Crippen LogP contribution in [0.25, 0.3) is 0 Å². The summed E-state index contributed by atoms with van der Waals surface area (Å²) in [5, 5.41) is 20.0. The fraction of sp³-hybridized carbons (Fsp3) is 0.429. The van der Waals surface area contributed by atoms with Crippen LogP contribution in [-0.2, 0) is 10.8 Å². The lowest BCUT2D eigenvalue weighted by Crippen LogP contribution is -2.42. The summed E-state index contributed by atoms with van der Waals surface area (Å²) in [5.74, 6) is -2.08. The van der Waals surface area contributed by atoms with E-state index in [0.717, 1.165) is 12.1 Å². The molecular formula is C14H15F2N3O2. The van der Waals surface area contributed by atoms with Crippen molar-refractivity contribution in [3.05, 3.63) is 29.8 Å². The minimum Gasteiger partial charge on any atom is -0.507 e. The Hall–Kier alpha value is -2.20. The molecule has 0 radical (unpaired) electrons. The molecule has 1 saturated heterocycles. The van der Waals surface area contributed by atoms with Gasteiger partial charge in [-0.1, -0.05) is 12.1 Å². The minimum atomic E-state index is -3.66. The number of phenols is 1. The number of aromatic hydroxyl groups is 1. The molecule has 1 aromatic rings. The molecule has 1 aliphatic heterocycles. The van der Waals surface area contributed by atoms with Crippen molar-refractivity contribution in [3.63, 3.8) is 0 Å². The van der Waals surface area contributed by atoms with E-state index in [4.69, 9.17) is 5.26 Å². The Morgan fingerprint density at radius 3 is 2.76 bits per heavy atom. The Labute approximate surface area is 120 Å². The molecule has 1 heterocycles. The molecule has 1 aliphatic rings. The van der Waals surface area contributed by atoms with Crippen LogP contribution in [0.5, 0.6) is 5.75 Å². The highest BCUT2D eigenvalue weighted by atomic mass is 19.3. The third kappa shape index (κ3) is 3.11. The first-order valence-corrected chi connectivity index (χ1v) is 6.43. The number of carbonyl (C=O) groups is 1. The van der Waals surface area contributed by atoms with Crippen LogP contribution in [0, 0.1) is 17.2 Å². The molecule has 5 nitrogen and oxygen atoms in total. The Morgan fingerprint density at radius 1 is 1.52 bits per heavy atom. The number of alkyl halides is 2. The van der Waals surface area contributed by atoms with Crippen LogP contribution >= 0.6 is 0 Å². The van der Waals surface area contributed by atoms with Crippen molar-refractivity contribution < 1.29 is 18.7 Å². The van der Waals surface area contributed by atoms with E-state index in [1.807, 2.05) is 6.07 Å². The third-order valence-corrected chi connectivity index (χ3v) is 3.59.